The van der Waals surface area contributed by atoms with Crippen LogP contribution >= 0.6 is 0 Å². The molecule has 1 aromatic carbocycles. The molecule has 6 heteroatoms. The average Bonchev–Trinajstić information content (AvgIpc) is 2.37. The summed E-state index contributed by atoms with van der Waals surface area (Å²) in [5.74, 6) is -0.470. The smallest absolute Gasteiger partial charge is 0.305 e. The third kappa shape index (κ3) is 5.85. The van der Waals surface area contributed by atoms with Gasteiger partial charge < -0.3 is 4.74 Å². The lowest BCUT2D eigenvalue weighted by Crippen LogP contribution is -2.26. The van der Waals surface area contributed by atoms with Crippen molar-refractivity contribution in [3.63, 3.8) is 0 Å². The van der Waals surface area contributed by atoms with Crippen LogP contribution in [0.4, 0.5) is 0 Å². The number of methoxy groups -OCH3 is 1. The molecule has 0 aliphatic rings. The van der Waals surface area contributed by atoms with Crippen LogP contribution in [-0.2, 0) is 26.1 Å². The molecule has 0 saturated carbocycles. The molecule has 0 fully saturated rings. The zero-order chi connectivity index (χ0) is 14.3. The number of esters is 1. The number of hydrogen-bond acceptors (Lipinski definition) is 4. The molecule has 1 aromatic rings. The monoisotopic (exact) mass is 285 g/mol. The third-order valence-electron chi connectivity index (χ3n) is 2.77. The first-order valence-electron chi connectivity index (χ1n) is 6.03. The highest BCUT2D eigenvalue weighted by atomic mass is 32.2. The second-order valence-corrected chi connectivity index (χ2v) is 6.17. The summed E-state index contributed by atoms with van der Waals surface area (Å²) in [4.78, 5) is 10.9. The van der Waals surface area contributed by atoms with Crippen LogP contribution < -0.4 is 4.72 Å². The van der Waals surface area contributed by atoms with Gasteiger partial charge in [-0.05, 0) is 24.5 Å². The minimum Gasteiger partial charge on any atom is -0.469 e. The Morgan fingerprint density at radius 1 is 1.32 bits per heavy atom. The minimum atomic E-state index is -3.36. The first kappa shape index (κ1) is 15.7. The number of carbonyl (C=O) groups is 1. The number of hydrogen-bond donors (Lipinski definition) is 1. The fourth-order valence-corrected chi connectivity index (χ4v) is 2.62. The Kier molecular flexibility index (Phi) is 5.98. The third-order valence-corrected chi connectivity index (χ3v) is 4.18. The lowest BCUT2D eigenvalue weighted by molar-refractivity contribution is -0.140. The summed E-state index contributed by atoms with van der Waals surface area (Å²) < 4.78 is 30.4. The molecule has 0 aliphatic carbocycles. The number of benzene rings is 1. The average molecular weight is 285 g/mol. The van der Waals surface area contributed by atoms with E-state index in [-0.39, 0.29) is 25.1 Å². The Morgan fingerprint density at radius 2 is 2.00 bits per heavy atom. The van der Waals surface area contributed by atoms with Crippen molar-refractivity contribution in [1.29, 1.82) is 0 Å². The van der Waals surface area contributed by atoms with Crippen molar-refractivity contribution in [2.75, 3.05) is 12.9 Å². The molecule has 0 aliphatic heterocycles. The summed E-state index contributed by atoms with van der Waals surface area (Å²) in [6, 6.07) is 7.59. The van der Waals surface area contributed by atoms with E-state index < -0.39 is 16.0 Å². The summed E-state index contributed by atoms with van der Waals surface area (Å²) in [6.45, 7) is 2.20. The van der Waals surface area contributed by atoms with Gasteiger partial charge in [-0.3, -0.25) is 4.79 Å². The maximum absolute atomic E-state index is 11.7. The summed E-state index contributed by atoms with van der Waals surface area (Å²) >= 11 is 0. The molecule has 0 unspecified atom stereocenters. The SMILES string of the molecule is COC(=O)CCCS(=O)(=O)NCc1ccccc1C. The van der Waals surface area contributed by atoms with Crippen LogP contribution in [0.3, 0.4) is 0 Å². The van der Waals surface area contributed by atoms with E-state index in [4.69, 9.17) is 0 Å². The highest BCUT2D eigenvalue weighted by molar-refractivity contribution is 7.89. The van der Waals surface area contributed by atoms with Gasteiger partial charge in [0.2, 0.25) is 10.0 Å². The molecule has 106 valence electrons. The fraction of sp³-hybridized carbons (Fsp3) is 0.462. The van der Waals surface area contributed by atoms with Crippen molar-refractivity contribution < 1.29 is 17.9 Å². The van der Waals surface area contributed by atoms with Gasteiger partial charge in [-0.15, -0.1) is 0 Å². The number of rotatable bonds is 7. The van der Waals surface area contributed by atoms with Gasteiger partial charge in [0.25, 0.3) is 0 Å². The first-order chi connectivity index (χ1) is 8.94. The van der Waals surface area contributed by atoms with Crippen molar-refractivity contribution in [2.24, 2.45) is 0 Å². The quantitative estimate of drug-likeness (QED) is 0.768. The van der Waals surface area contributed by atoms with Gasteiger partial charge in [0, 0.05) is 13.0 Å². The number of carbonyl (C=O) groups excluding carboxylic acids is 1. The highest BCUT2D eigenvalue weighted by Crippen LogP contribution is 2.07. The Bertz CT molecular complexity index is 525. The summed E-state index contributed by atoms with van der Waals surface area (Å²) in [5, 5.41) is 0. The van der Waals surface area contributed by atoms with Crippen molar-refractivity contribution in [2.45, 2.75) is 26.3 Å². The van der Waals surface area contributed by atoms with E-state index in [9.17, 15) is 13.2 Å². The van der Waals surface area contributed by atoms with E-state index in [2.05, 4.69) is 9.46 Å². The van der Waals surface area contributed by atoms with E-state index in [0.29, 0.717) is 0 Å². The molecule has 0 saturated heterocycles. The molecule has 0 heterocycles. The van der Waals surface area contributed by atoms with Crippen LogP contribution in [0.15, 0.2) is 24.3 Å². The maximum atomic E-state index is 11.7. The van der Waals surface area contributed by atoms with Crippen LogP contribution in [0, 0.1) is 6.92 Å². The molecule has 0 spiro atoms. The van der Waals surface area contributed by atoms with Gasteiger partial charge in [-0.2, -0.15) is 0 Å². The standard InChI is InChI=1S/C13H19NO4S/c1-11-6-3-4-7-12(11)10-14-19(16,17)9-5-8-13(15)18-2/h3-4,6-7,14H,5,8-10H2,1-2H3. The zero-order valence-electron chi connectivity index (χ0n) is 11.2. The molecule has 0 atom stereocenters. The van der Waals surface area contributed by atoms with Crippen LogP contribution in [0.5, 0.6) is 0 Å². The summed E-state index contributed by atoms with van der Waals surface area (Å²) in [7, 11) is -2.07. The van der Waals surface area contributed by atoms with E-state index in [1.165, 1.54) is 7.11 Å². The Morgan fingerprint density at radius 3 is 2.63 bits per heavy atom. The van der Waals surface area contributed by atoms with Gasteiger partial charge in [0.05, 0.1) is 12.9 Å². The van der Waals surface area contributed by atoms with Crippen LogP contribution in [0.2, 0.25) is 0 Å². The second kappa shape index (κ2) is 7.25. The highest BCUT2D eigenvalue weighted by Gasteiger charge is 2.11. The predicted molar refractivity (Wildman–Crippen MR) is 73.1 cm³/mol. The first-order valence-corrected chi connectivity index (χ1v) is 7.68. The van der Waals surface area contributed by atoms with Gasteiger partial charge in [-0.25, -0.2) is 13.1 Å². The van der Waals surface area contributed by atoms with Gasteiger partial charge in [0.1, 0.15) is 0 Å². The lowest BCUT2D eigenvalue weighted by Gasteiger charge is -2.08. The molecule has 0 radical (unpaired) electrons. The van der Waals surface area contributed by atoms with E-state index in [1.807, 2.05) is 31.2 Å². The van der Waals surface area contributed by atoms with Crippen molar-refractivity contribution in [3.8, 4) is 0 Å². The molecular formula is C13H19NO4S. The van der Waals surface area contributed by atoms with Gasteiger partial charge in [0.15, 0.2) is 0 Å². The lowest BCUT2D eigenvalue weighted by atomic mass is 10.1. The largest absolute Gasteiger partial charge is 0.469 e. The normalized spacial score (nSPS) is 11.3. The van der Waals surface area contributed by atoms with Gasteiger partial charge >= 0.3 is 5.97 Å². The number of ether oxygens (including phenoxy) is 1. The topological polar surface area (TPSA) is 72.5 Å². The number of aryl methyl sites for hydroxylation is 1. The Hall–Kier alpha value is -1.40. The van der Waals surface area contributed by atoms with Crippen molar-refractivity contribution in [3.05, 3.63) is 35.4 Å². The molecule has 0 bridgehead atoms. The fourth-order valence-electron chi connectivity index (χ4n) is 1.58. The molecule has 19 heavy (non-hydrogen) atoms. The summed E-state index contributed by atoms with van der Waals surface area (Å²) in [6.07, 6.45) is 0.373. The van der Waals surface area contributed by atoms with E-state index in [1.54, 1.807) is 0 Å². The minimum absolute atomic E-state index is 0.0754. The Balaban J connectivity index is 2.43. The zero-order valence-corrected chi connectivity index (χ0v) is 12.0. The van der Waals surface area contributed by atoms with Crippen LogP contribution in [0.25, 0.3) is 0 Å². The van der Waals surface area contributed by atoms with E-state index in [0.717, 1.165) is 11.1 Å². The molecular weight excluding hydrogens is 266 g/mol. The predicted octanol–water partition coefficient (Wildman–Crippen LogP) is 1.37. The molecule has 0 aromatic heterocycles. The van der Waals surface area contributed by atoms with E-state index >= 15 is 0 Å². The van der Waals surface area contributed by atoms with Crippen LogP contribution in [-0.4, -0.2) is 27.2 Å². The van der Waals surface area contributed by atoms with Crippen molar-refractivity contribution in [1.82, 2.24) is 4.72 Å². The molecule has 5 nitrogen and oxygen atoms in total. The van der Waals surface area contributed by atoms with Crippen molar-refractivity contribution >= 4 is 16.0 Å². The maximum Gasteiger partial charge on any atom is 0.305 e. The molecule has 1 rings (SSSR count). The number of nitrogens with one attached hydrogen (secondary N) is 1. The molecule has 0 amide bonds. The second-order valence-electron chi connectivity index (χ2n) is 4.25. The Labute approximate surface area is 114 Å². The molecule has 1 N–H and O–H groups in total. The van der Waals surface area contributed by atoms with Crippen LogP contribution in [0.1, 0.15) is 24.0 Å². The number of sulfonamides is 1. The summed E-state index contributed by atoms with van der Waals surface area (Å²) in [5.41, 5.74) is 1.99. The van der Waals surface area contributed by atoms with Gasteiger partial charge in [-0.1, -0.05) is 24.3 Å².